The van der Waals surface area contributed by atoms with E-state index in [2.05, 4.69) is 15.6 Å². The van der Waals surface area contributed by atoms with Gasteiger partial charge in [0.1, 0.15) is 17.3 Å². The van der Waals surface area contributed by atoms with Crippen molar-refractivity contribution in [3.63, 3.8) is 0 Å². The molecule has 3 saturated heterocycles. The van der Waals surface area contributed by atoms with Crippen LogP contribution in [0.3, 0.4) is 0 Å². The minimum absolute atomic E-state index is 0.0549. The van der Waals surface area contributed by atoms with Gasteiger partial charge in [0.05, 0.1) is 55.1 Å². The van der Waals surface area contributed by atoms with Gasteiger partial charge in [-0.2, -0.15) is 0 Å². The third kappa shape index (κ3) is 8.73. The molecular formula is C47H52F2N8O7. The predicted octanol–water partition coefficient (Wildman–Crippen LogP) is 5.96. The molecule has 4 aliphatic heterocycles. The molecule has 0 saturated carbocycles. The molecule has 0 spiro atoms. The molecule has 2 atom stereocenters. The predicted molar refractivity (Wildman–Crippen MR) is 235 cm³/mol. The number of benzene rings is 3. The Bertz CT molecular complexity index is 2480. The number of fused-ring (bicyclic) bond motifs is 1. The van der Waals surface area contributed by atoms with Crippen molar-refractivity contribution in [2.45, 2.75) is 58.2 Å². The number of nitrogens with one attached hydrogen (secondary N) is 3. The van der Waals surface area contributed by atoms with Crippen molar-refractivity contribution in [1.82, 2.24) is 25.0 Å². The maximum absolute atomic E-state index is 15.9. The molecule has 64 heavy (non-hydrogen) atoms. The van der Waals surface area contributed by atoms with E-state index in [4.69, 9.17) is 19.6 Å². The van der Waals surface area contributed by atoms with Crippen molar-refractivity contribution in [2.24, 2.45) is 5.41 Å². The maximum Gasteiger partial charge on any atom is 0.275 e. The van der Waals surface area contributed by atoms with Crippen molar-refractivity contribution in [3.8, 4) is 23.0 Å². The van der Waals surface area contributed by atoms with Gasteiger partial charge < -0.3 is 29.8 Å². The van der Waals surface area contributed by atoms with E-state index >= 15 is 8.78 Å². The molecule has 4 aliphatic rings. The van der Waals surface area contributed by atoms with Gasteiger partial charge >= 0.3 is 0 Å². The van der Waals surface area contributed by atoms with Crippen molar-refractivity contribution >= 4 is 40.8 Å². The zero-order chi connectivity index (χ0) is 45.3. The van der Waals surface area contributed by atoms with Crippen LogP contribution in [0.4, 0.5) is 20.3 Å². The minimum atomic E-state index is -2.94. The molecule has 3 aromatic carbocycles. The lowest BCUT2D eigenvalue weighted by Gasteiger charge is -2.46. The average Bonchev–Trinajstić information content (AvgIpc) is 3.52. The molecule has 4 aromatic rings. The number of hydrogen-bond donors (Lipinski definition) is 3. The summed E-state index contributed by atoms with van der Waals surface area (Å²) in [6.07, 6.45) is 2.15. The Labute approximate surface area is 370 Å². The first kappa shape index (κ1) is 44.2. The van der Waals surface area contributed by atoms with E-state index in [9.17, 15) is 19.2 Å². The number of rotatable bonds is 14. The van der Waals surface area contributed by atoms with Crippen LogP contribution in [0.2, 0.25) is 0 Å². The molecule has 5 heterocycles. The number of carbonyl (C=O) groups is 4. The summed E-state index contributed by atoms with van der Waals surface area (Å²) in [5, 5.41) is 14.3. The van der Waals surface area contributed by atoms with E-state index in [1.54, 1.807) is 80.6 Å². The van der Waals surface area contributed by atoms with Gasteiger partial charge in [0.25, 0.3) is 17.7 Å². The lowest BCUT2D eigenvalue weighted by molar-refractivity contribution is -0.138. The van der Waals surface area contributed by atoms with Crippen LogP contribution in [0.5, 0.6) is 23.0 Å². The quantitative estimate of drug-likeness (QED) is 0.101. The Hall–Kier alpha value is -6.46. The number of aromatic nitrogens is 1. The Balaban J connectivity index is 0.828. The molecule has 0 aliphatic carbocycles. The number of likely N-dealkylation sites (tertiary alicyclic amines) is 1. The fraction of sp³-hybridized carbons (Fsp3) is 0.404. The largest absolute Gasteiger partial charge is 0.493 e. The molecule has 4 amide bonds. The van der Waals surface area contributed by atoms with Gasteiger partial charge in [0.2, 0.25) is 11.8 Å². The Morgan fingerprint density at radius 1 is 0.891 bits per heavy atom. The number of amides is 4. The molecule has 3 N–H and O–H groups in total. The van der Waals surface area contributed by atoms with E-state index < -0.39 is 35.1 Å². The van der Waals surface area contributed by atoms with E-state index in [0.717, 1.165) is 5.56 Å². The highest BCUT2D eigenvalue weighted by Gasteiger charge is 2.48. The Morgan fingerprint density at radius 3 is 2.30 bits per heavy atom. The summed E-state index contributed by atoms with van der Waals surface area (Å²) in [7, 11) is 3.26. The second-order valence-corrected chi connectivity index (χ2v) is 16.8. The topological polar surface area (TPSA) is 170 Å². The first-order valence-electron chi connectivity index (χ1n) is 21.5. The van der Waals surface area contributed by atoms with Crippen LogP contribution in [-0.2, 0) is 22.7 Å². The van der Waals surface area contributed by atoms with Crippen molar-refractivity contribution in [3.05, 3.63) is 101 Å². The summed E-state index contributed by atoms with van der Waals surface area (Å²) in [5.74, 6) is -1.96. The van der Waals surface area contributed by atoms with Crippen LogP contribution in [-0.4, -0.2) is 121 Å². The number of ether oxygens (including phenoxy) is 3. The van der Waals surface area contributed by atoms with Crippen LogP contribution in [0.25, 0.3) is 0 Å². The summed E-state index contributed by atoms with van der Waals surface area (Å²) in [4.78, 5) is 62.6. The van der Waals surface area contributed by atoms with Crippen molar-refractivity contribution in [1.29, 1.82) is 5.41 Å². The summed E-state index contributed by atoms with van der Waals surface area (Å²) in [6, 6.07) is 18.5. The number of nitrogens with zero attached hydrogens (tertiary/aromatic N) is 5. The van der Waals surface area contributed by atoms with Crippen LogP contribution in [0, 0.1) is 10.8 Å². The van der Waals surface area contributed by atoms with Crippen molar-refractivity contribution in [2.75, 3.05) is 70.2 Å². The number of anilines is 2. The molecule has 336 valence electrons. The van der Waals surface area contributed by atoms with Crippen LogP contribution in [0.1, 0.15) is 70.5 Å². The summed E-state index contributed by atoms with van der Waals surface area (Å²) in [5.41, 5.74) is 2.15. The lowest BCUT2D eigenvalue weighted by atomic mass is 9.74. The fourth-order valence-corrected chi connectivity index (χ4v) is 9.02. The Morgan fingerprint density at radius 2 is 1.61 bits per heavy atom. The number of halogens is 2. The van der Waals surface area contributed by atoms with Gasteiger partial charge in [0, 0.05) is 76.3 Å². The van der Waals surface area contributed by atoms with E-state index in [1.807, 2.05) is 28.9 Å². The number of hydrogen-bond acceptors (Lipinski definition) is 13. The third-order valence-electron chi connectivity index (χ3n) is 12.7. The van der Waals surface area contributed by atoms with E-state index in [1.165, 1.54) is 11.1 Å². The lowest BCUT2D eigenvalue weighted by Crippen LogP contribution is -2.61. The number of pyridine rings is 1. The number of carbonyl (C=O) groups excluding carboxylic acids is 4. The zero-order valence-electron chi connectivity index (χ0n) is 36.3. The summed E-state index contributed by atoms with van der Waals surface area (Å²) >= 11 is 0. The first-order valence-corrected chi connectivity index (χ1v) is 21.5. The van der Waals surface area contributed by atoms with Gasteiger partial charge in [0.15, 0.2) is 11.5 Å². The molecular weight excluding hydrogens is 827 g/mol. The van der Waals surface area contributed by atoms with Gasteiger partial charge in [-0.25, -0.2) is 13.8 Å². The van der Waals surface area contributed by atoms with Crippen LogP contribution >= 0.6 is 0 Å². The van der Waals surface area contributed by atoms with Gasteiger partial charge in [-0.1, -0.05) is 18.2 Å². The SMILES string of the molecule is CCOc1cc(CN2C(=O)c3cnc(N4CCN(C5CCN(Cc6ccc(Oc7ccc(C(=N)C8(C)CCC(=O)NC8=O)c(NC)c7)cc6)CC5(F)F)CC4)cc3C2=O)ccc1OC. The molecule has 3 fully saturated rings. The highest BCUT2D eigenvalue weighted by Crippen LogP contribution is 2.38. The van der Waals surface area contributed by atoms with E-state index in [-0.39, 0.29) is 48.7 Å². The highest BCUT2D eigenvalue weighted by atomic mass is 19.3. The minimum Gasteiger partial charge on any atom is -0.493 e. The molecule has 0 bridgehead atoms. The molecule has 17 heteroatoms. The number of piperidine rings is 2. The number of piperazine rings is 1. The monoisotopic (exact) mass is 878 g/mol. The van der Waals surface area contributed by atoms with Crippen LogP contribution in [0.15, 0.2) is 72.9 Å². The summed E-state index contributed by atoms with van der Waals surface area (Å²) in [6.45, 7) is 6.19. The number of alkyl halides is 2. The Kier molecular flexibility index (Phi) is 12.4. The standard InChI is InChI=1S/C47H52F2N8O7/c1-5-63-38-22-30(8-13-37(38)62-4)27-57-43(59)34-24-40(52-25-35(34)44(57)60)56-20-18-55(19-21-56)39-15-17-54(28-47(39,48)49)26-29-6-9-31(10-7-29)64-32-11-12-33(36(23-32)51-3)42(50)46(2)16-14-41(58)53-45(46)61/h6-13,22-25,39,50-51H,5,14-21,26-28H2,1-4H3,(H,53,58,61). The zero-order valence-corrected chi connectivity index (χ0v) is 36.3. The smallest absolute Gasteiger partial charge is 0.275 e. The second-order valence-electron chi connectivity index (χ2n) is 16.8. The molecule has 0 radical (unpaired) electrons. The highest BCUT2D eigenvalue weighted by molar-refractivity contribution is 6.22. The number of methoxy groups -OCH3 is 1. The molecule has 1 aromatic heterocycles. The summed E-state index contributed by atoms with van der Waals surface area (Å²) < 4.78 is 48.9. The van der Waals surface area contributed by atoms with Crippen molar-refractivity contribution < 1.29 is 42.2 Å². The van der Waals surface area contributed by atoms with Crippen LogP contribution < -0.4 is 29.7 Å². The maximum atomic E-state index is 15.9. The third-order valence-corrected chi connectivity index (χ3v) is 12.7. The van der Waals surface area contributed by atoms with E-state index in [0.29, 0.717) is 97.9 Å². The number of imide groups is 2. The normalized spacial score (nSPS) is 21.4. The molecule has 15 nitrogen and oxygen atoms in total. The average molecular weight is 879 g/mol. The second kappa shape index (κ2) is 18.0. The van der Waals surface area contributed by atoms with Gasteiger partial charge in [-0.15, -0.1) is 0 Å². The fourth-order valence-electron chi connectivity index (χ4n) is 9.02. The first-order chi connectivity index (χ1) is 30.7. The van der Waals surface area contributed by atoms with Gasteiger partial charge in [-0.3, -0.25) is 39.2 Å². The molecule has 8 rings (SSSR count). The van der Waals surface area contributed by atoms with Gasteiger partial charge in [-0.05, 0) is 80.3 Å². The molecule has 2 unspecified atom stereocenters.